The first-order chi connectivity index (χ1) is 19.0. The number of hydrogen-bond acceptors (Lipinski definition) is 6. The minimum absolute atomic E-state index is 0.118. The van der Waals surface area contributed by atoms with E-state index >= 15 is 0 Å². The van der Waals surface area contributed by atoms with Crippen molar-refractivity contribution in [3.63, 3.8) is 0 Å². The van der Waals surface area contributed by atoms with E-state index in [-0.39, 0.29) is 32.2 Å². The molecule has 0 aliphatic carbocycles. The Bertz CT molecular complexity index is 1340. The maximum absolute atomic E-state index is 14.7. The lowest BCUT2D eigenvalue weighted by atomic mass is 10.1. The van der Waals surface area contributed by atoms with Gasteiger partial charge in [0.25, 0.3) is 0 Å². The highest BCUT2D eigenvalue weighted by atomic mass is 19.1. The largest absolute Gasteiger partial charge is 0.490 e. The summed E-state index contributed by atoms with van der Waals surface area (Å²) in [6, 6.07) is 19.7. The molecule has 0 aromatic heterocycles. The first-order valence-corrected chi connectivity index (χ1v) is 12.2. The van der Waals surface area contributed by atoms with E-state index in [0.717, 1.165) is 28.8 Å². The molecule has 0 radical (unpaired) electrons. The summed E-state index contributed by atoms with van der Waals surface area (Å²) in [5.41, 5.74) is 2.94. The smallest absolute Gasteiger partial charge is 0.330 e. The maximum atomic E-state index is 14.7. The molecule has 0 aliphatic heterocycles. The number of benzene rings is 3. The Labute approximate surface area is 227 Å². The fourth-order valence-corrected chi connectivity index (χ4v) is 3.27. The Balaban J connectivity index is 1.52. The molecular formula is C32H29FO6. The Morgan fingerprint density at radius 3 is 1.85 bits per heavy atom. The molecule has 6 nitrogen and oxygen atoms in total. The summed E-state index contributed by atoms with van der Waals surface area (Å²) in [5.74, 6) is -0.0674. The van der Waals surface area contributed by atoms with E-state index in [0.29, 0.717) is 17.1 Å². The zero-order valence-corrected chi connectivity index (χ0v) is 21.4. The van der Waals surface area contributed by atoms with Crippen molar-refractivity contribution in [3.8, 4) is 11.5 Å². The lowest BCUT2D eigenvalue weighted by Crippen LogP contribution is -2.10. The van der Waals surface area contributed by atoms with Crippen LogP contribution in [0.15, 0.2) is 92.0 Å². The van der Waals surface area contributed by atoms with Gasteiger partial charge in [-0.3, -0.25) is 0 Å². The van der Waals surface area contributed by atoms with Crippen LogP contribution in [0.25, 0.3) is 24.3 Å². The van der Waals surface area contributed by atoms with E-state index < -0.39 is 11.9 Å². The Morgan fingerprint density at radius 1 is 0.641 bits per heavy atom. The Hall–Kier alpha value is -4.91. The molecule has 3 aromatic carbocycles. The molecule has 0 saturated heterocycles. The highest BCUT2D eigenvalue weighted by Gasteiger charge is 2.02. The van der Waals surface area contributed by atoms with Crippen molar-refractivity contribution in [2.75, 3.05) is 26.4 Å². The topological polar surface area (TPSA) is 71.1 Å². The van der Waals surface area contributed by atoms with Gasteiger partial charge in [0.2, 0.25) is 0 Å². The summed E-state index contributed by atoms with van der Waals surface area (Å²) in [6.45, 7) is 7.38. The van der Waals surface area contributed by atoms with Crippen molar-refractivity contribution in [2.45, 2.75) is 0 Å². The standard InChI is InChI=1S/C32H29FO6/c1-3-31(34)38-20-18-36-28-16-12-24(13-17-28)8-9-26-11-15-27(30(33)23-26)14-10-25-6-5-7-29(22-25)37-19-21-39-32(35)4-2/h3-17,22-23H,1-2,18-21H2/b9-8+,14-10+. The maximum Gasteiger partial charge on any atom is 0.330 e. The van der Waals surface area contributed by atoms with Gasteiger partial charge in [0.15, 0.2) is 0 Å². The van der Waals surface area contributed by atoms with E-state index in [1.807, 2.05) is 48.6 Å². The zero-order chi connectivity index (χ0) is 27.9. The molecule has 39 heavy (non-hydrogen) atoms. The average Bonchev–Trinajstić information content (AvgIpc) is 2.96. The molecule has 0 bridgehead atoms. The molecule has 0 fully saturated rings. The van der Waals surface area contributed by atoms with Gasteiger partial charge in [-0.25, -0.2) is 14.0 Å². The number of rotatable bonds is 14. The molecule has 7 heteroatoms. The van der Waals surface area contributed by atoms with E-state index in [2.05, 4.69) is 13.2 Å². The van der Waals surface area contributed by atoms with Gasteiger partial charge >= 0.3 is 11.9 Å². The van der Waals surface area contributed by atoms with Gasteiger partial charge in [-0.2, -0.15) is 0 Å². The van der Waals surface area contributed by atoms with Crippen molar-refractivity contribution < 1.29 is 32.9 Å². The number of esters is 2. The van der Waals surface area contributed by atoms with E-state index in [4.69, 9.17) is 18.9 Å². The summed E-state index contributed by atoms with van der Waals surface area (Å²) in [6.07, 6.45) is 9.40. The van der Waals surface area contributed by atoms with Crippen molar-refractivity contribution in [3.05, 3.63) is 120 Å². The van der Waals surface area contributed by atoms with E-state index in [9.17, 15) is 14.0 Å². The summed E-state index contributed by atoms with van der Waals surface area (Å²) < 4.78 is 35.6. The lowest BCUT2D eigenvalue weighted by molar-refractivity contribution is -0.139. The number of ether oxygens (including phenoxy) is 4. The summed E-state index contributed by atoms with van der Waals surface area (Å²) in [7, 11) is 0. The van der Waals surface area contributed by atoms with Crippen LogP contribution >= 0.6 is 0 Å². The van der Waals surface area contributed by atoms with Gasteiger partial charge in [-0.05, 0) is 47.0 Å². The van der Waals surface area contributed by atoms with Gasteiger partial charge in [-0.15, -0.1) is 0 Å². The molecule has 0 amide bonds. The van der Waals surface area contributed by atoms with Gasteiger partial charge in [0.1, 0.15) is 43.7 Å². The fourth-order valence-electron chi connectivity index (χ4n) is 3.27. The first kappa shape index (κ1) is 28.7. The van der Waals surface area contributed by atoms with Crippen molar-refractivity contribution >= 4 is 36.2 Å². The van der Waals surface area contributed by atoms with Crippen molar-refractivity contribution in [2.24, 2.45) is 0 Å². The monoisotopic (exact) mass is 528 g/mol. The highest BCUT2D eigenvalue weighted by molar-refractivity contribution is 5.81. The van der Waals surface area contributed by atoms with Gasteiger partial charge < -0.3 is 18.9 Å². The van der Waals surface area contributed by atoms with Gasteiger partial charge in [0.05, 0.1) is 0 Å². The van der Waals surface area contributed by atoms with Crippen LogP contribution in [0.3, 0.4) is 0 Å². The normalized spacial score (nSPS) is 10.8. The second kappa shape index (κ2) is 15.4. The summed E-state index contributed by atoms with van der Waals surface area (Å²) in [5, 5.41) is 0. The van der Waals surface area contributed by atoms with Crippen LogP contribution in [-0.2, 0) is 19.1 Å². The molecule has 3 rings (SSSR count). The minimum Gasteiger partial charge on any atom is -0.490 e. The molecular weight excluding hydrogens is 499 g/mol. The van der Waals surface area contributed by atoms with Crippen LogP contribution in [0.5, 0.6) is 11.5 Å². The molecule has 0 atom stereocenters. The minimum atomic E-state index is -0.499. The second-order valence-corrected chi connectivity index (χ2v) is 8.03. The Morgan fingerprint density at radius 2 is 1.21 bits per heavy atom. The number of carbonyl (C=O) groups is 2. The predicted octanol–water partition coefficient (Wildman–Crippen LogP) is 6.38. The van der Waals surface area contributed by atoms with Crippen LogP contribution in [0.1, 0.15) is 22.3 Å². The lowest BCUT2D eigenvalue weighted by Gasteiger charge is -2.07. The van der Waals surface area contributed by atoms with Crippen LogP contribution in [0.2, 0.25) is 0 Å². The van der Waals surface area contributed by atoms with Crippen LogP contribution in [0, 0.1) is 5.82 Å². The molecule has 0 heterocycles. The van der Waals surface area contributed by atoms with Crippen LogP contribution in [-0.4, -0.2) is 38.4 Å². The molecule has 200 valence electrons. The molecule has 0 saturated carbocycles. The number of hydrogen-bond donors (Lipinski definition) is 0. The van der Waals surface area contributed by atoms with E-state index in [1.54, 1.807) is 36.4 Å². The van der Waals surface area contributed by atoms with Crippen LogP contribution < -0.4 is 9.47 Å². The third-order valence-corrected chi connectivity index (χ3v) is 5.21. The van der Waals surface area contributed by atoms with Crippen molar-refractivity contribution in [1.29, 1.82) is 0 Å². The second-order valence-electron chi connectivity index (χ2n) is 8.03. The number of carbonyl (C=O) groups excluding carboxylic acids is 2. The number of halogens is 1. The molecule has 0 N–H and O–H groups in total. The van der Waals surface area contributed by atoms with Crippen molar-refractivity contribution in [1.82, 2.24) is 0 Å². The van der Waals surface area contributed by atoms with Crippen LogP contribution in [0.4, 0.5) is 4.39 Å². The molecule has 0 aliphatic rings. The SMILES string of the molecule is C=CC(=O)OCCOc1ccc(/C=C/c2ccc(/C=C/c3cccc(OCCOC(=O)C=C)c3)c(F)c2)cc1. The summed E-state index contributed by atoms with van der Waals surface area (Å²) in [4.78, 5) is 22.1. The zero-order valence-electron chi connectivity index (χ0n) is 21.4. The summed E-state index contributed by atoms with van der Waals surface area (Å²) >= 11 is 0. The molecule has 3 aromatic rings. The molecule has 0 spiro atoms. The van der Waals surface area contributed by atoms with Gasteiger partial charge in [0, 0.05) is 17.7 Å². The third-order valence-electron chi connectivity index (χ3n) is 5.21. The quantitative estimate of drug-likeness (QED) is 0.105. The highest BCUT2D eigenvalue weighted by Crippen LogP contribution is 2.19. The third kappa shape index (κ3) is 10.2. The van der Waals surface area contributed by atoms with E-state index in [1.165, 1.54) is 6.07 Å². The molecule has 0 unspecified atom stereocenters. The van der Waals surface area contributed by atoms with Gasteiger partial charge in [-0.1, -0.05) is 73.9 Å². The fraction of sp³-hybridized carbons (Fsp3) is 0.125. The predicted molar refractivity (Wildman–Crippen MR) is 150 cm³/mol. The average molecular weight is 529 g/mol. The Kier molecular flexibility index (Phi) is 11.3. The first-order valence-electron chi connectivity index (χ1n) is 12.2.